The van der Waals surface area contributed by atoms with E-state index in [2.05, 4.69) is 5.32 Å². The molecule has 1 N–H and O–H groups in total. The Morgan fingerprint density at radius 3 is 2.62 bits per heavy atom. The summed E-state index contributed by atoms with van der Waals surface area (Å²) >= 11 is 0. The summed E-state index contributed by atoms with van der Waals surface area (Å²) in [6.45, 7) is 4.38. The van der Waals surface area contributed by atoms with E-state index < -0.39 is 22.2 Å². The van der Waals surface area contributed by atoms with Gasteiger partial charge >= 0.3 is 5.69 Å². The van der Waals surface area contributed by atoms with Gasteiger partial charge in [0.1, 0.15) is 17.3 Å². The van der Waals surface area contributed by atoms with Crippen molar-refractivity contribution in [2.75, 3.05) is 0 Å². The Hall–Kier alpha value is -2.28. The van der Waals surface area contributed by atoms with Crippen LogP contribution in [0.15, 0.2) is 28.7 Å². The molecule has 1 heterocycles. The van der Waals surface area contributed by atoms with Gasteiger partial charge in [0.25, 0.3) is 0 Å². The van der Waals surface area contributed by atoms with E-state index in [1.165, 1.54) is 6.07 Å². The molecule has 0 spiro atoms. The standard InChI is InChI=1S/C14H14F2N2O3/c1-8(2)17-7-9-3-4-14(21-9)10-5-13(18(19)20)12(16)6-11(10)15/h3-6,8,17H,7H2,1-2H3. The number of benzene rings is 1. The highest BCUT2D eigenvalue weighted by atomic mass is 19.1. The lowest BCUT2D eigenvalue weighted by Gasteiger charge is -2.05. The van der Waals surface area contributed by atoms with Crippen molar-refractivity contribution in [2.45, 2.75) is 26.4 Å². The summed E-state index contributed by atoms with van der Waals surface area (Å²) in [6, 6.07) is 4.71. The second-order valence-electron chi connectivity index (χ2n) is 4.84. The molecule has 0 radical (unpaired) electrons. The highest BCUT2D eigenvalue weighted by Crippen LogP contribution is 2.30. The molecule has 0 bridgehead atoms. The maximum absolute atomic E-state index is 13.8. The first kappa shape index (κ1) is 15.1. The van der Waals surface area contributed by atoms with E-state index in [4.69, 9.17) is 4.42 Å². The zero-order valence-electron chi connectivity index (χ0n) is 11.5. The third-order valence-electron chi connectivity index (χ3n) is 2.84. The predicted molar refractivity (Wildman–Crippen MR) is 72.7 cm³/mol. The number of nitro benzene ring substituents is 1. The summed E-state index contributed by atoms with van der Waals surface area (Å²) in [6.07, 6.45) is 0. The minimum Gasteiger partial charge on any atom is -0.460 e. The minimum absolute atomic E-state index is 0.121. The Morgan fingerprint density at radius 2 is 2.00 bits per heavy atom. The van der Waals surface area contributed by atoms with Crippen molar-refractivity contribution in [1.29, 1.82) is 0 Å². The zero-order chi connectivity index (χ0) is 15.6. The summed E-state index contributed by atoms with van der Waals surface area (Å²) in [5, 5.41) is 13.8. The summed E-state index contributed by atoms with van der Waals surface area (Å²) in [7, 11) is 0. The molecule has 0 unspecified atom stereocenters. The molecule has 1 aromatic carbocycles. The van der Waals surface area contributed by atoms with Crippen LogP contribution in [0.1, 0.15) is 19.6 Å². The van der Waals surface area contributed by atoms with Crippen LogP contribution in [0.5, 0.6) is 0 Å². The molecular weight excluding hydrogens is 282 g/mol. The van der Waals surface area contributed by atoms with Gasteiger partial charge in [0.15, 0.2) is 0 Å². The molecule has 0 saturated carbocycles. The Bertz CT molecular complexity index is 668. The van der Waals surface area contributed by atoms with E-state index in [0.717, 1.165) is 6.07 Å². The van der Waals surface area contributed by atoms with Gasteiger partial charge in [0.2, 0.25) is 5.82 Å². The molecule has 0 amide bonds. The maximum atomic E-state index is 13.8. The lowest BCUT2D eigenvalue weighted by molar-refractivity contribution is -0.387. The van der Waals surface area contributed by atoms with Gasteiger partial charge in [-0.3, -0.25) is 10.1 Å². The highest BCUT2D eigenvalue weighted by Gasteiger charge is 2.21. The number of rotatable bonds is 5. The third-order valence-corrected chi connectivity index (χ3v) is 2.84. The summed E-state index contributed by atoms with van der Waals surface area (Å²) < 4.78 is 32.5. The fourth-order valence-electron chi connectivity index (χ4n) is 1.79. The summed E-state index contributed by atoms with van der Waals surface area (Å²) in [5.74, 6) is -1.44. The monoisotopic (exact) mass is 296 g/mol. The maximum Gasteiger partial charge on any atom is 0.305 e. The van der Waals surface area contributed by atoms with Gasteiger partial charge in [-0.25, -0.2) is 4.39 Å². The van der Waals surface area contributed by atoms with Crippen molar-refractivity contribution in [2.24, 2.45) is 0 Å². The molecule has 0 aliphatic carbocycles. The Kier molecular flexibility index (Phi) is 4.32. The van der Waals surface area contributed by atoms with Crippen LogP contribution in [0.3, 0.4) is 0 Å². The van der Waals surface area contributed by atoms with Crippen LogP contribution in [0, 0.1) is 21.7 Å². The van der Waals surface area contributed by atoms with Gasteiger partial charge in [0.05, 0.1) is 17.0 Å². The highest BCUT2D eigenvalue weighted by molar-refractivity contribution is 5.62. The van der Waals surface area contributed by atoms with Gasteiger partial charge in [-0.05, 0) is 12.1 Å². The number of nitrogens with one attached hydrogen (secondary N) is 1. The summed E-state index contributed by atoms with van der Waals surface area (Å²) in [4.78, 5) is 9.80. The van der Waals surface area contributed by atoms with Gasteiger partial charge < -0.3 is 9.73 Å². The number of nitro groups is 1. The number of halogens is 2. The summed E-state index contributed by atoms with van der Waals surface area (Å²) in [5.41, 5.74) is -0.927. The van der Waals surface area contributed by atoms with E-state index >= 15 is 0 Å². The molecule has 2 rings (SSSR count). The Morgan fingerprint density at radius 1 is 1.29 bits per heavy atom. The van der Waals surface area contributed by atoms with Gasteiger partial charge in [0, 0.05) is 18.2 Å². The second-order valence-corrected chi connectivity index (χ2v) is 4.84. The van der Waals surface area contributed by atoms with Crippen LogP contribution < -0.4 is 5.32 Å². The van der Waals surface area contributed by atoms with Gasteiger partial charge in [-0.1, -0.05) is 13.8 Å². The first-order chi connectivity index (χ1) is 9.88. The van der Waals surface area contributed by atoms with Gasteiger partial charge in [-0.2, -0.15) is 4.39 Å². The van der Waals surface area contributed by atoms with Crippen LogP contribution in [0.2, 0.25) is 0 Å². The Balaban J connectivity index is 2.33. The van der Waals surface area contributed by atoms with Crippen LogP contribution in [-0.2, 0) is 6.54 Å². The molecule has 21 heavy (non-hydrogen) atoms. The second kappa shape index (κ2) is 6.01. The molecule has 7 heteroatoms. The van der Waals surface area contributed by atoms with Crippen LogP contribution >= 0.6 is 0 Å². The van der Waals surface area contributed by atoms with Crippen molar-refractivity contribution >= 4 is 5.69 Å². The van der Waals surface area contributed by atoms with Crippen molar-refractivity contribution in [1.82, 2.24) is 5.32 Å². The largest absolute Gasteiger partial charge is 0.460 e. The average molecular weight is 296 g/mol. The molecule has 0 saturated heterocycles. The fraction of sp³-hybridized carbons (Fsp3) is 0.286. The minimum atomic E-state index is -1.21. The van der Waals surface area contributed by atoms with Gasteiger partial charge in [-0.15, -0.1) is 0 Å². The van der Waals surface area contributed by atoms with Crippen LogP contribution in [-0.4, -0.2) is 11.0 Å². The first-order valence-electron chi connectivity index (χ1n) is 6.34. The lowest BCUT2D eigenvalue weighted by atomic mass is 10.1. The molecule has 1 aromatic heterocycles. The first-order valence-corrected chi connectivity index (χ1v) is 6.34. The normalized spacial score (nSPS) is 11.1. The number of furan rings is 1. The fourth-order valence-corrected chi connectivity index (χ4v) is 1.79. The molecule has 0 fully saturated rings. The van der Waals surface area contributed by atoms with E-state index in [0.29, 0.717) is 18.4 Å². The SMILES string of the molecule is CC(C)NCc1ccc(-c2cc([N+](=O)[O-])c(F)cc2F)o1. The molecule has 0 aliphatic heterocycles. The van der Waals surface area contributed by atoms with Crippen LogP contribution in [0.4, 0.5) is 14.5 Å². The zero-order valence-corrected chi connectivity index (χ0v) is 11.5. The lowest BCUT2D eigenvalue weighted by Crippen LogP contribution is -2.21. The van der Waals surface area contributed by atoms with E-state index in [9.17, 15) is 18.9 Å². The van der Waals surface area contributed by atoms with Crippen molar-refractivity contribution in [3.05, 3.63) is 51.8 Å². The van der Waals surface area contributed by atoms with E-state index in [1.807, 2.05) is 13.8 Å². The van der Waals surface area contributed by atoms with Crippen molar-refractivity contribution in [3.8, 4) is 11.3 Å². The molecule has 0 atom stereocenters. The molecule has 5 nitrogen and oxygen atoms in total. The van der Waals surface area contributed by atoms with Crippen LogP contribution in [0.25, 0.3) is 11.3 Å². The number of hydrogen-bond acceptors (Lipinski definition) is 4. The molecule has 112 valence electrons. The number of nitrogens with zero attached hydrogens (tertiary/aromatic N) is 1. The van der Waals surface area contributed by atoms with E-state index in [-0.39, 0.29) is 17.4 Å². The predicted octanol–water partition coefficient (Wildman–Crippen LogP) is 3.63. The van der Waals surface area contributed by atoms with Crippen molar-refractivity contribution in [3.63, 3.8) is 0 Å². The average Bonchev–Trinajstić information content (AvgIpc) is 2.84. The topological polar surface area (TPSA) is 68.3 Å². The smallest absolute Gasteiger partial charge is 0.305 e. The van der Waals surface area contributed by atoms with E-state index in [1.54, 1.807) is 6.07 Å². The number of hydrogen-bond donors (Lipinski definition) is 1. The molecule has 0 aliphatic rings. The molecule has 2 aromatic rings. The Labute approximate surface area is 119 Å². The molecular formula is C14H14F2N2O3. The quantitative estimate of drug-likeness (QED) is 0.675. The third kappa shape index (κ3) is 3.43. The van der Waals surface area contributed by atoms with Crippen molar-refractivity contribution < 1.29 is 18.1 Å².